The predicted octanol–water partition coefficient (Wildman–Crippen LogP) is 3.67. The summed E-state index contributed by atoms with van der Waals surface area (Å²) < 4.78 is 24.4. The molecule has 170 valence electrons. The number of methoxy groups -OCH3 is 2. The van der Waals surface area contributed by atoms with E-state index in [4.69, 9.17) is 25.9 Å². The van der Waals surface area contributed by atoms with Crippen LogP contribution in [0.1, 0.15) is 12.0 Å². The van der Waals surface area contributed by atoms with Gasteiger partial charge < -0.3 is 14.3 Å². The summed E-state index contributed by atoms with van der Waals surface area (Å²) in [5.74, 6) is -1.16. The highest BCUT2D eigenvalue weighted by Crippen LogP contribution is 2.62. The van der Waals surface area contributed by atoms with Crippen molar-refractivity contribution in [2.24, 2.45) is 34.7 Å². The standard InChI is InChI=1S/C24H20ClFN2O5/c1-31-16-6-3-10(7-17(16)32-2)21-20-12-9-13(22(20)33-27-21)19-18(12)23(29)28(24(19)30)11-4-5-15(26)14(25)8-11/h3-8,12-13,18-20,22H,9H2,1-2H3. The van der Waals surface area contributed by atoms with E-state index < -0.39 is 17.7 Å². The molecule has 2 aliphatic carbocycles. The van der Waals surface area contributed by atoms with Gasteiger partial charge in [-0.3, -0.25) is 9.59 Å². The zero-order valence-electron chi connectivity index (χ0n) is 17.8. The fourth-order valence-electron chi connectivity index (χ4n) is 6.24. The van der Waals surface area contributed by atoms with Crippen LogP contribution in [0, 0.1) is 35.4 Å². The van der Waals surface area contributed by atoms with Gasteiger partial charge in [-0.1, -0.05) is 16.8 Å². The second-order valence-corrected chi connectivity index (χ2v) is 9.27. The molecule has 6 rings (SSSR count). The van der Waals surface area contributed by atoms with Gasteiger partial charge in [-0.25, -0.2) is 9.29 Å². The number of hydrogen-bond donors (Lipinski definition) is 0. The largest absolute Gasteiger partial charge is 0.493 e. The summed E-state index contributed by atoms with van der Waals surface area (Å²) in [5, 5.41) is 4.23. The lowest BCUT2D eigenvalue weighted by atomic mass is 9.71. The first kappa shape index (κ1) is 20.5. The molecule has 6 unspecified atom stereocenters. The van der Waals surface area contributed by atoms with E-state index in [1.165, 1.54) is 18.2 Å². The fraction of sp³-hybridized carbons (Fsp3) is 0.375. The van der Waals surface area contributed by atoms with Gasteiger partial charge in [0.05, 0.1) is 42.5 Å². The number of halogens is 2. The lowest BCUT2D eigenvalue weighted by Gasteiger charge is -2.29. The predicted molar refractivity (Wildman–Crippen MR) is 117 cm³/mol. The van der Waals surface area contributed by atoms with E-state index in [1.807, 2.05) is 18.2 Å². The normalized spacial score (nSPS) is 31.4. The van der Waals surface area contributed by atoms with Crippen LogP contribution < -0.4 is 14.4 Å². The van der Waals surface area contributed by atoms with Gasteiger partial charge in [-0.15, -0.1) is 0 Å². The van der Waals surface area contributed by atoms with Crippen molar-refractivity contribution in [2.45, 2.75) is 12.5 Å². The maximum absolute atomic E-state index is 13.6. The molecule has 7 nitrogen and oxygen atoms in total. The number of hydrogen-bond acceptors (Lipinski definition) is 6. The van der Waals surface area contributed by atoms with Gasteiger partial charge in [0.2, 0.25) is 11.8 Å². The van der Waals surface area contributed by atoms with E-state index in [2.05, 4.69) is 5.16 Å². The SMILES string of the molecule is COc1ccc(C2=NOC3C4CC(C23)C2C(=O)N(c3ccc(F)c(Cl)c3)C(=O)C42)cc1OC. The zero-order valence-corrected chi connectivity index (χ0v) is 18.6. The van der Waals surface area contributed by atoms with Gasteiger partial charge in [0.25, 0.3) is 0 Å². The molecule has 2 amide bonds. The average molecular weight is 471 g/mol. The Morgan fingerprint density at radius 2 is 1.73 bits per heavy atom. The molecular weight excluding hydrogens is 451 g/mol. The van der Waals surface area contributed by atoms with E-state index in [0.29, 0.717) is 17.2 Å². The van der Waals surface area contributed by atoms with Gasteiger partial charge >= 0.3 is 0 Å². The molecule has 6 atom stereocenters. The van der Waals surface area contributed by atoms with Crippen LogP contribution in [0.25, 0.3) is 0 Å². The molecule has 0 N–H and O–H groups in total. The third-order valence-electron chi connectivity index (χ3n) is 7.53. The van der Waals surface area contributed by atoms with Gasteiger partial charge in [0.1, 0.15) is 11.9 Å². The molecule has 4 aliphatic rings. The van der Waals surface area contributed by atoms with E-state index in [1.54, 1.807) is 14.2 Å². The molecule has 2 bridgehead atoms. The monoisotopic (exact) mass is 470 g/mol. The second-order valence-electron chi connectivity index (χ2n) is 8.87. The number of imide groups is 1. The average Bonchev–Trinajstić information content (AvgIpc) is 3.55. The van der Waals surface area contributed by atoms with Crippen LogP contribution in [0.2, 0.25) is 5.02 Å². The Bertz CT molecular complexity index is 1230. The van der Waals surface area contributed by atoms with E-state index in [-0.39, 0.29) is 40.7 Å². The summed E-state index contributed by atoms with van der Waals surface area (Å²) in [6, 6.07) is 9.45. The third-order valence-corrected chi connectivity index (χ3v) is 7.82. The molecule has 2 aliphatic heterocycles. The topological polar surface area (TPSA) is 77.4 Å². The van der Waals surface area contributed by atoms with Crippen molar-refractivity contribution in [3.63, 3.8) is 0 Å². The Balaban J connectivity index is 1.33. The van der Waals surface area contributed by atoms with Crippen molar-refractivity contribution >= 4 is 34.8 Å². The lowest BCUT2D eigenvalue weighted by molar-refractivity contribution is -0.125. The first-order valence-electron chi connectivity index (χ1n) is 10.7. The van der Waals surface area contributed by atoms with E-state index in [9.17, 15) is 14.0 Å². The van der Waals surface area contributed by atoms with Crippen molar-refractivity contribution < 1.29 is 28.3 Å². The Labute approximate surface area is 194 Å². The summed E-state index contributed by atoms with van der Waals surface area (Å²) in [5.41, 5.74) is 1.89. The number of rotatable bonds is 4. The van der Waals surface area contributed by atoms with Gasteiger partial charge in [-0.2, -0.15) is 0 Å². The molecule has 2 aromatic carbocycles. The first-order chi connectivity index (χ1) is 15.9. The Morgan fingerprint density at radius 1 is 1.00 bits per heavy atom. The molecule has 0 aromatic heterocycles. The lowest BCUT2D eigenvalue weighted by Crippen LogP contribution is -2.41. The van der Waals surface area contributed by atoms with Crippen LogP contribution in [-0.4, -0.2) is 37.8 Å². The minimum Gasteiger partial charge on any atom is -0.493 e. The molecule has 2 heterocycles. The zero-order chi connectivity index (χ0) is 23.0. The van der Waals surface area contributed by atoms with Crippen molar-refractivity contribution in [2.75, 3.05) is 19.1 Å². The minimum atomic E-state index is -0.599. The Morgan fingerprint density at radius 3 is 2.42 bits per heavy atom. The number of nitrogens with zero attached hydrogens (tertiary/aromatic N) is 2. The Kier molecular flexibility index (Phi) is 4.46. The molecule has 33 heavy (non-hydrogen) atoms. The molecule has 2 aromatic rings. The number of oxime groups is 1. The number of carbonyl (C=O) groups is 2. The molecule has 3 fully saturated rings. The molecule has 0 spiro atoms. The number of amides is 2. The minimum absolute atomic E-state index is 0.0725. The number of fused-ring (bicyclic) bond motifs is 8. The van der Waals surface area contributed by atoms with Gasteiger partial charge in [0.15, 0.2) is 11.5 Å². The highest BCUT2D eigenvalue weighted by atomic mass is 35.5. The van der Waals surface area contributed by atoms with Crippen molar-refractivity contribution in [1.82, 2.24) is 0 Å². The summed E-state index contributed by atoms with van der Waals surface area (Å²) in [7, 11) is 3.14. The highest BCUT2D eigenvalue weighted by molar-refractivity contribution is 6.31. The smallest absolute Gasteiger partial charge is 0.238 e. The highest BCUT2D eigenvalue weighted by Gasteiger charge is 2.70. The first-order valence-corrected chi connectivity index (χ1v) is 11.1. The summed E-state index contributed by atoms with van der Waals surface area (Å²) >= 11 is 5.91. The fourth-order valence-corrected chi connectivity index (χ4v) is 6.41. The second kappa shape index (κ2) is 7.18. The van der Waals surface area contributed by atoms with Gasteiger partial charge in [-0.05, 0) is 48.7 Å². The molecule has 0 radical (unpaired) electrons. The van der Waals surface area contributed by atoms with Crippen molar-refractivity contribution in [1.29, 1.82) is 0 Å². The maximum atomic E-state index is 13.6. The molecular formula is C24H20ClFN2O5. The number of benzene rings is 2. The van der Waals surface area contributed by atoms with Crippen LogP contribution in [0.4, 0.5) is 10.1 Å². The summed E-state index contributed by atoms with van der Waals surface area (Å²) in [4.78, 5) is 33.8. The van der Waals surface area contributed by atoms with Crippen LogP contribution >= 0.6 is 11.6 Å². The number of anilines is 1. The quantitative estimate of drug-likeness (QED) is 0.637. The van der Waals surface area contributed by atoms with Crippen LogP contribution in [0.15, 0.2) is 41.6 Å². The van der Waals surface area contributed by atoms with Crippen molar-refractivity contribution in [3.05, 3.63) is 52.8 Å². The van der Waals surface area contributed by atoms with Crippen LogP contribution in [0.3, 0.4) is 0 Å². The van der Waals surface area contributed by atoms with Gasteiger partial charge in [0, 0.05) is 17.4 Å². The third kappa shape index (κ3) is 2.70. The van der Waals surface area contributed by atoms with Crippen LogP contribution in [-0.2, 0) is 14.4 Å². The molecule has 2 saturated carbocycles. The van der Waals surface area contributed by atoms with E-state index in [0.717, 1.165) is 22.6 Å². The van der Waals surface area contributed by atoms with Crippen LogP contribution in [0.5, 0.6) is 11.5 Å². The van der Waals surface area contributed by atoms with E-state index >= 15 is 0 Å². The number of ether oxygens (including phenoxy) is 2. The van der Waals surface area contributed by atoms with Crippen molar-refractivity contribution in [3.8, 4) is 11.5 Å². The molecule has 1 saturated heterocycles. The Hall–Kier alpha value is -3.13. The molecule has 9 heteroatoms. The summed E-state index contributed by atoms with van der Waals surface area (Å²) in [6.07, 6.45) is 0.472. The maximum Gasteiger partial charge on any atom is 0.238 e. The number of carbonyl (C=O) groups excluding carboxylic acids is 2. The summed E-state index contributed by atoms with van der Waals surface area (Å²) in [6.45, 7) is 0.